The molecule has 1 amide bonds. The molecule has 1 unspecified atom stereocenters. The maximum atomic E-state index is 12.2. The van der Waals surface area contributed by atoms with Crippen LogP contribution in [0, 0.1) is 11.3 Å². The molecule has 1 aliphatic rings. The van der Waals surface area contributed by atoms with Crippen molar-refractivity contribution < 1.29 is 18.1 Å². The van der Waals surface area contributed by atoms with Gasteiger partial charge < -0.3 is 10.2 Å². The molecule has 7 nitrogen and oxygen atoms in total. The number of hydrogen-bond donors (Lipinski definition) is 3. The number of benzene rings is 1. The van der Waals surface area contributed by atoms with Crippen molar-refractivity contribution in [3.8, 4) is 6.07 Å². The SMILES string of the molecule is C[C@@H]1CCCC[NH+]1CCCNC(=O)CNS(=O)(=O)c1ccccc1C#N. The van der Waals surface area contributed by atoms with Crippen LogP contribution in [0.2, 0.25) is 0 Å². The number of sulfonamides is 1. The predicted octanol–water partition coefficient (Wildman–Crippen LogP) is -0.200. The molecule has 0 aromatic heterocycles. The second-order valence-corrected chi connectivity index (χ2v) is 8.43. The minimum absolute atomic E-state index is 0.0547. The van der Waals surface area contributed by atoms with E-state index in [0.717, 1.165) is 13.0 Å². The molecule has 8 heteroatoms. The average molecular weight is 380 g/mol. The topological polar surface area (TPSA) is 104 Å². The van der Waals surface area contributed by atoms with Crippen LogP contribution in [0.3, 0.4) is 0 Å². The van der Waals surface area contributed by atoms with Crippen LogP contribution in [0.5, 0.6) is 0 Å². The Morgan fingerprint density at radius 3 is 2.85 bits per heavy atom. The highest BCUT2D eigenvalue weighted by Gasteiger charge is 2.21. The van der Waals surface area contributed by atoms with Crippen molar-refractivity contribution >= 4 is 15.9 Å². The lowest BCUT2D eigenvalue weighted by atomic mass is 10.0. The van der Waals surface area contributed by atoms with Crippen molar-refractivity contribution in [3.05, 3.63) is 29.8 Å². The molecule has 0 spiro atoms. The Morgan fingerprint density at radius 2 is 2.12 bits per heavy atom. The maximum Gasteiger partial charge on any atom is 0.242 e. The molecular formula is C18H27N4O3S+. The number of amides is 1. The minimum Gasteiger partial charge on any atom is -0.355 e. The number of carbonyl (C=O) groups is 1. The molecule has 1 fully saturated rings. The normalized spacial score (nSPS) is 20.3. The summed E-state index contributed by atoms with van der Waals surface area (Å²) in [7, 11) is -3.89. The number of likely N-dealkylation sites (tertiary alicyclic amines) is 1. The van der Waals surface area contributed by atoms with Gasteiger partial charge in [-0.05, 0) is 38.3 Å². The van der Waals surface area contributed by atoms with Gasteiger partial charge in [-0.2, -0.15) is 5.26 Å². The molecule has 1 aliphatic heterocycles. The van der Waals surface area contributed by atoms with Gasteiger partial charge >= 0.3 is 0 Å². The van der Waals surface area contributed by atoms with E-state index in [0.29, 0.717) is 12.6 Å². The number of hydrogen-bond acceptors (Lipinski definition) is 4. The van der Waals surface area contributed by atoms with Crippen molar-refractivity contribution in [1.82, 2.24) is 10.0 Å². The number of carbonyl (C=O) groups excluding carboxylic acids is 1. The Kier molecular flexibility index (Phi) is 7.57. The van der Waals surface area contributed by atoms with E-state index in [1.807, 2.05) is 6.07 Å². The molecule has 0 saturated carbocycles. The third-order valence-electron chi connectivity index (χ3n) is 4.80. The number of nitrogens with one attached hydrogen (secondary N) is 3. The van der Waals surface area contributed by atoms with Gasteiger partial charge in [0.1, 0.15) is 6.07 Å². The summed E-state index contributed by atoms with van der Waals surface area (Å²) in [6, 6.07) is 8.43. The van der Waals surface area contributed by atoms with Gasteiger partial charge in [0.25, 0.3) is 0 Å². The van der Waals surface area contributed by atoms with Crippen molar-refractivity contribution in [1.29, 1.82) is 5.26 Å². The lowest BCUT2D eigenvalue weighted by Gasteiger charge is -2.30. The van der Waals surface area contributed by atoms with E-state index in [1.165, 1.54) is 37.9 Å². The Labute approximate surface area is 155 Å². The summed E-state index contributed by atoms with van der Waals surface area (Å²) in [5.41, 5.74) is 0.0547. The lowest BCUT2D eigenvalue weighted by Crippen LogP contribution is -3.16. The number of rotatable bonds is 8. The summed E-state index contributed by atoms with van der Waals surface area (Å²) in [6.45, 7) is 4.66. The van der Waals surface area contributed by atoms with Crippen LogP contribution in [0.4, 0.5) is 0 Å². The van der Waals surface area contributed by atoms with E-state index in [2.05, 4.69) is 17.0 Å². The van der Waals surface area contributed by atoms with Crippen molar-refractivity contribution in [3.63, 3.8) is 0 Å². The van der Waals surface area contributed by atoms with E-state index in [1.54, 1.807) is 17.0 Å². The summed E-state index contributed by atoms with van der Waals surface area (Å²) in [5, 5.41) is 11.8. The Morgan fingerprint density at radius 1 is 1.35 bits per heavy atom. The zero-order valence-electron chi connectivity index (χ0n) is 15.1. The predicted molar refractivity (Wildman–Crippen MR) is 98.0 cm³/mol. The van der Waals surface area contributed by atoms with E-state index in [-0.39, 0.29) is 22.9 Å². The molecule has 1 saturated heterocycles. The first-order chi connectivity index (χ1) is 12.4. The first-order valence-corrected chi connectivity index (χ1v) is 10.5. The highest BCUT2D eigenvalue weighted by molar-refractivity contribution is 7.89. The molecule has 0 radical (unpaired) electrons. The third kappa shape index (κ3) is 5.80. The van der Waals surface area contributed by atoms with Gasteiger partial charge in [0.15, 0.2) is 0 Å². The van der Waals surface area contributed by atoms with Crippen LogP contribution < -0.4 is 14.9 Å². The third-order valence-corrected chi connectivity index (χ3v) is 6.26. The number of nitrogens with zero attached hydrogens (tertiary/aromatic N) is 1. The smallest absolute Gasteiger partial charge is 0.242 e. The van der Waals surface area contributed by atoms with Crippen LogP contribution in [-0.2, 0) is 14.8 Å². The molecular weight excluding hydrogens is 352 g/mol. The van der Waals surface area contributed by atoms with Crippen molar-refractivity contribution in [2.75, 3.05) is 26.2 Å². The molecule has 1 aromatic rings. The second-order valence-electron chi connectivity index (χ2n) is 6.69. The molecule has 3 N–H and O–H groups in total. The van der Waals surface area contributed by atoms with E-state index in [9.17, 15) is 13.2 Å². The summed E-state index contributed by atoms with van der Waals surface area (Å²) in [5.74, 6) is -0.371. The standard InChI is InChI=1S/C18H26N4O3S/c1-15-7-4-5-11-22(15)12-6-10-20-18(23)14-21-26(24,25)17-9-3-2-8-16(17)13-19/h2-3,8-9,15,21H,4-7,10-12,14H2,1H3,(H,20,23)/p+1/t15-/m1/s1. The van der Waals surface area contributed by atoms with Crippen LogP contribution in [0.25, 0.3) is 0 Å². The van der Waals surface area contributed by atoms with Crippen molar-refractivity contribution in [2.45, 2.75) is 43.5 Å². The zero-order chi connectivity index (χ0) is 19.0. The van der Waals surface area contributed by atoms with Gasteiger partial charge in [-0.15, -0.1) is 0 Å². The minimum atomic E-state index is -3.89. The lowest BCUT2D eigenvalue weighted by molar-refractivity contribution is -0.928. The summed E-state index contributed by atoms with van der Waals surface area (Å²) in [4.78, 5) is 13.4. The first-order valence-electron chi connectivity index (χ1n) is 9.04. The van der Waals surface area contributed by atoms with Crippen molar-refractivity contribution in [2.24, 2.45) is 0 Å². The van der Waals surface area contributed by atoms with Gasteiger partial charge in [-0.25, -0.2) is 13.1 Å². The average Bonchev–Trinajstić information content (AvgIpc) is 2.65. The molecule has 26 heavy (non-hydrogen) atoms. The largest absolute Gasteiger partial charge is 0.355 e. The number of piperidine rings is 1. The quantitative estimate of drug-likeness (QED) is 0.544. The molecule has 0 bridgehead atoms. The summed E-state index contributed by atoms with van der Waals surface area (Å²) in [6.07, 6.45) is 4.69. The molecule has 142 valence electrons. The van der Waals surface area contributed by atoms with Crippen LogP contribution >= 0.6 is 0 Å². The maximum absolute atomic E-state index is 12.2. The van der Waals surface area contributed by atoms with Crippen LogP contribution in [-0.4, -0.2) is 46.5 Å². The van der Waals surface area contributed by atoms with Crippen LogP contribution in [0.15, 0.2) is 29.2 Å². The monoisotopic (exact) mass is 379 g/mol. The van der Waals surface area contributed by atoms with E-state index in [4.69, 9.17) is 5.26 Å². The summed E-state index contributed by atoms with van der Waals surface area (Å²) < 4.78 is 26.7. The molecule has 1 aromatic carbocycles. The molecule has 2 atom stereocenters. The Bertz CT molecular complexity index is 758. The van der Waals surface area contributed by atoms with Gasteiger partial charge in [-0.3, -0.25) is 4.79 Å². The first kappa shape index (κ1) is 20.4. The van der Waals surface area contributed by atoms with E-state index < -0.39 is 10.0 Å². The summed E-state index contributed by atoms with van der Waals surface area (Å²) >= 11 is 0. The van der Waals surface area contributed by atoms with Gasteiger partial charge in [0, 0.05) is 13.0 Å². The fraction of sp³-hybridized carbons (Fsp3) is 0.556. The van der Waals surface area contributed by atoms with Crippen LogP contribution in [0.1, 0.15) is 38.2 Å². The Hall–Kier alpha value is -1.95. The van der Waals surface area contributed by atoms with E-state index >= 15 is 0 Å². The fourth-order valence-electron chi connectivity index (χ4n) is 3.26. The molecule has 1 heterocycles. The fourth-order valence-corrected chi connectivity index (χ4v) is 4.40. The number of quaternary nitrogens is 1. The second kappa shape index (κ2) is 9.67. The molecule has 2 rings (SSSR count). The molecule has 0 aliphatic carbocycles. The van der Waals surface area contributed by atoms with Gasteiger partial charge in [0.2, 0.25) is 15.9 Å². The zero-order valence-corrected chi connectivity index (χ0v) is 15.9. The highest BCUT2D eigenvalue weighted by atomic mass is 32.2. The number of nitriles is 1. The van der Waals surface area contributed by atoms with Gasteiger partial charge in [-0.1, -0.05) is 12.1 Å². The highest BCUT2D eigenvalue weighted by Crippen LogP contribution is 2.13. The Balaban J connectivity index is 1.73. The van der Waals surface area contributed by atoms with Gasteiger partial charge in [0.05, 0.1) is 36.1 Å².